The van der Waals surface area contributed by atoms with E-state index in [1.54, 1.807) is 7.05 Å². The standard InChI is InChI=1S/C16H24BrN3O2/c1-4-9-18-15(21)11-20(3)16(22)12-19(2)10-13-7-5-6-8-14(13)17/h5-8H,4,9-12H2,1-3H3,(H,18,21). The van der Waals surface area contributed by atoms with Crippen LogP contribution in [0.5, 0.6) is 0 Å². The minimum Gasteiger partial charge on any atom is -0.355 e. The Morgan fingerprint density at radius 3 is 2.50 bits per heavy atom. The first-order valence-corrected chi connectivity index (χ1v) is 8.16. The number of benzene rings is 1. The van der Waals surface area contributed by atoms with Crippen molar-refractivity contribution in [2.75, 3.05) is 33.7 Å². The fraction of sp³-hybridized carbons (Fsp3) is 0.500. The van der Waals surface area contributed by atoms with Crippen LogP contribution < -0.4 is 5.32 Å². The molecule has 1 rings (SSSR count). The zero-order chi connectivity index (χ0) is 16.5. The van der Waals surface area contributed by atoms with Gasteiger partial charge < -0.3 is 10.2 Å². The molecule has 122 valence electrons. The molecule has 1 aromatic carbocycles. The molecule has 5 nitrogen and oxygen atoms in total. The molecule has 0 radical (unpaired) electrons. The van der Waals surface area contributed by atoms with Gasteiger partial charge in [-0.25, -0.2) is 0 Å². The van der Waals surface area contributed by atoms with Gasteiger partial charge in [0.25, 0.3) is 0 Å². The summed E-state index contributed by atoms with van der Waals surface area (Å²) >= 11 is 3.50. The first kappa shape index (κ1) is 18.6. The number of carbonyl (C=O) groups is 2. The van der Waals surface area contributed by atoms with Crippen molar-refractivity contribution in [2.45, 2.75) is 19.9 Å². The highest BCUT2D eigenvalue weighted by atomic mass is 79.9. The SMILES string of the molecule is CCCNC(=O)CN(C)C(=O)CN(C)Cc1ccccc1Br. The number of hydrogen-bond acceptors (Lipinski definition) is 3. The summed E-state index contributed by atoms with van der Waals surface area (Å²) in [6, 6.07) is 7.93. The fourth-order valence-electron chi connectivity index (χ4n) is 1.95. The number of nitrogens with one attached hydrogen (secondary N) is 1. The number of amides is 2. The van der Waals surface area contributed by atoms with Gasteiger partial charge in [0.05, 0.1) is 13.1 Å². The number of hydrogen-bond donors (Lipinski definition) is 1. The molecule has 1 aromatic rings. The Balaban J connectivity index is 2.43. The Labute approximate surface area is 140 Å². The number of carbonyl (C=O) groups excluding carboxylic acids is 2. The lowest BCUT2D eigenvalue weighted by atomic mass is 10.2. The zero-order valence-electron chi connectivity index (χ0n) is 13.4. The summed E-state index contributed by atoms with van der Waals surface area (Å²) in [5.74, 6) is -0.188. The van der Waals surface area contributed by atoms with Crippen molar-refractivity contribution in [3.8, 4) is 0 Å². The summed E-state index contributed by atoms with van der Waals surface area (Å²) in [4.78, 5) is 27.1. The van der Waals surface area contributed by atoms with E-state index in [0.717, 1.165) is 16.5 Å². The topological polar surface area (TPSA) is 52.7 Å². The molecular weight excluding hydrogens is 346 g/mol. The maximum atomic E-state index is 12.1. The highest BCUT2D eigenvalue weighted by molar-refractivity contribution is 9.10. The second kappa shape index (κ2) is 9.58. The average Bonchev–Trinajstić information content (AvgIpc) is 2.47. The van der Waals surface area contributed by atoms with Crippen molar-refractivity contribution in [3.05, 3.63) is 34.3 Å². The van der Waals surface area contributed by atoms with Gasteiger partial charge in [-0.15, -0.1) is 0 Å². The van der Waals surface area contributed by atoms with Crippen molar-refractivity contribution < 1.29 is 9.59 Å². The zero-order valence-corrected chi connectivity index (χ0v) is 15.0. The van der Waals surface area contributed by atoms with E-state index < -0.39 is 0 Å². The largest absolute Gasteiger partial charge is 0.355 e. The predicted molar refractivity (Wildman–Crippen MR) is 91.4 cm³/mol. The second-order valence-corrected chi connectivity index (χ2v) is 6.22. The molecule has 0 aromatic heterocycles. The van der Waals surface area contributed by atoms with E-state index in [2.05, 4.69) is 21.2 Å². The quantitative estimate of drug-likeness (QED) is 0.760. The second-order valence-electron chi connectivity index (χ2n) is 5.36. The predicted octanol–water partition coefficient (Wildman–Crippen LogP) is 1.87. The summed E-state index contributed by atoms with van der Waals surface area (Å²) in [7, 11) is 3.54. The van der Waals surface area contributed by atoms with Gasteiger partial charge in [0.15, 0.2) is 0 Å². The Bertz CT molecular complexity index is 508. The van der Waals surface area contributed by atoms with E-state index in [4.69, 9.17) is 0 Å². The number of nitrogens with zero attached hydrogens (tertiary/aromatic N) is 2. The fourth-order valence-corrected chi connectivity index (χ4v) is 2.36. The van der Waals surface area contributed by atoms with E-state index in [1.165, 1.54) is 4.90 Å². The Hall–Kier alpha value is -1.40. The highest BCUT2D eigenvalue weighted by Crippen LogP contribution is 2.17. The van der Waals surface area contributed by atoms with E-state index in [1.807, 2.05) is 43.1 Å². The molecule has 0 heterocycles. The van der Waals surface area contributed by atoms with Crippen LogP contribution in [-0.4, -0.2) is 55.3 Å². The van der Waals surface area contributed by atoms with Crippen LogP contribution in [-0.2, 0) is 16.1 Å². The van der Waals surface area contributed by atoms with E-state index in [0.29, 0.717) is 13.1 Å². The summed E-state index contributed by atoms with van der Waals surface area (Å²) < 4.78 is 1.03. The lowest BCUT2D eigenvalue weighted by molar-refractivity contribution is -0.135. The Kier molecular flexibility index (Phi) is 8.12. The molecule has 0 aliphatic carbocycles. The highest BCUT2D eigenvalue weighted by Gasteiger charge is 2.15. The van der Waals surface area contributed by atoms with Gasteiger partial charge in [0.1, 0.15) is 0 Å². The molecule has 0 aliphatic heterocycles. The first-order chi connectivity index (χ1) is 10.4. The monoisotopic (exact) mass is 369 g/mol. The lowest BCUT2D eigenvalue weighted by Gasteiger charge is -2.22. The molecule has 0 saturated heterocycles. The van der Waals surface area contributed by atoms with Crippen LogP contribution in [0.3, 0.4) is 0 Å². The maximum absolute atomic E-state index is 12.1. The number of likely N-dealkylation sites (N-methyl/N-ethyl adjacent to an activating group) is 2. The molecule has 0 spiro atoms. The van der Waals surface area contributed by atoms with Gasteiger partial charge >= 0.3 is 0 Å². The van der Waals surface area contributed by atoms with E-state index in [-0.39, 0.29) is 24.9 Å². The minimum atomic E-state index is -0.119. The van der Waals surface area contributed by atoms with Crippen molar-refractivity contribution in [3.63, 3.8) is 0 Å². The number of rotatable bonds is 8. The molecule has 0 bridgehead atoms. The van der Waals surface area contributed by atoms with Crippen LogP contribution in [0.25, 0.3) is 0 Å². The van der Waals surface area contributed by atoms with Crippen molar-refractivity contribution in [1.82, 2.24) is 15.1 Å². The molecule has 1 N–H and O–H groups in total. The molecule has 6 heteroatoms. The van der Waals surface area contributed by atoms with Gasteiger partial charge in [0, 0.05) is 24.6 Å². The van der Waals surface area contributed by atoms with Crippen LogP contribution in [0.2, 0.25) is 0 Å². The first-order valence-electron chi connectivity index (χ1n) is 7.36. The van der Waals surface area contributed by atoms with Crippen LogP contribution in [0.4, 0.5) is 0 Å². The van der Waals surface area contributed by atoms with Gasteiger partial charge in [0.2, 0.25) is 11.8 Å². The molecule has 0 saturated carbocycles. The third-order valence-electron chi connectivity index (χ3n) is 3.18. The minimum absolute atomic E-state index is 0.0683. The summed E-state index contributed by atoms with van der Waals surface area (Å²) in [6.45, 7) is 3.68. The van der Waals surface area contributed by atoms with Crippen LogP contribution >= 0.6 is 15.9 Å². The van der Waals surface area contributed by atoms with Crippen LogP contribution in [0, 0.1) is 0 Å². The van der Waals surface area contributed by atoms with Gasteiger partial charge in [-0.3, -0.25) is 14.5 Å². The maximum Gasteiger partial charge on any atom is 0.239 e. The van der Waals surface area contributed by atoms with Crippen molar-refractivity contribution in [2.24, 2.45) is 0 Å². The molecular formula is C16H24BrN3O2. The van der Waals surface area contributed by atoms with Gasteiger partial charge in [-0.2, -0.15) is 0 Å². The smallest absolute Gasteiger partial charge is 0.239 e. The van der Waals surface area contributed by atoms with Crippen LogP contribution in [0.15, 0.2) is 28.7 Å². The lowest BCUT2D eigenvalue weighted by Crippen LogP contribution is -2.42. The van der Waals surface area contributed by atoms with Gasteiger partial charge in [-0.05, 0) is 25.1 Å². The third kappa shape index (κ3) is 6.58. The molecule has 2 amide bonds. The summed E-state index contributed by atoms with van der Waals surface area (Å²) in [5.41, 5.74) is 1.13. The Morgan fingerprint density at radius 2 is 1.86 bits per heavy atom. The van der Waals surface area contributed by atoms with E-state index in [9.17, 15) is 9.59 Å². The van der Waals surface area contributed by atoms with Crippen molar-refractivity contribution >= 4 is 27.7 Å². The molecule has 0 unspecified atom stereocenters. The third-order valence-corrected chi connectivity index (χ3v) is 3.96. The normalized spacial score (nSPS) is 10.6. The molecule has 0 aliphatic rings. The molecule has 0 fully saturated rings. The van der Waals surface area contributed by atoms with Gasteiger partial charge in [-0.1, -0.05) is 41.1 Å². The van der Waals surface area contributed by atoms with Crippen LogP contribution in [0.1, 0.15) is 18.9 Å². The molecule has 0 atom stereocenters. The summed E-state index contributed by atoms with van der Waals surface area (Å²) in [6.07, 6.45) is 0.887. The summed E-state index contributed by atoms with van der Waals surface area (Å²) in [5, 5.41) is 2.77. The molecule has 22 heavy (non-hydrogen) atoms. The van der Waals surface area contributed by atoms with E-state index >= 15 is 0 Å². The average molecular weight is 370 g/mol. The van der Waals surface area contributed by atoms with Crippen molar-refractivity contribution in [1.29, 1.82) is 0 Å². The Morgan fingerprint density at radius 1 is 1.18 bits per heavy atom. The number of halogens is 1.